The largest absolute Gasteiger partial charge is 0.573 e. The monoisotopic (exact) mass is 402 g/mol. The van der Waals surface area contributed by atoms with E-state index >= 15 is 0 Å². The number of ether oxygens (including phenoxy) is 1. The summed E-state index contributed by atoms with van der Waals surface area (Å²) in [6, 6.07) is 0. The van der Waals surface area contributed by atoms with Crippen LogP contribution in [-0.2, 0) is 6.18 Å². The fourth-order valence-electron chi connectivity index (χ4n) is 1.06. The SMILES string of the molecule is O=[N+]([O-])c1cnc(I)c(C(F)(F)F)c1OC(F)(F)F. The Hall–Kier alpha value is -1.34. The van der Waals surface area contributed by atoms with E-state index in [-0.39, 0.29) is 6.20 Å². The lowest BCUT2D eigenvalue weighted by molar-refractivity contribution is -0.389. The van der Waals surface area contributed by atoms with Gasteiger partial charge in [-0.1, -0.05) is 0 Å². The molecule has 0 atom stereocenters. The predicted octanol–water partition coefficient (Wildman–Crippen LogP) is 3.51. The summed E-state index contributed by atoms with van der Waals surface area (Å²) >= 11 is 1.00. The Morgan fingerprint density at radius 3 is 2.16 bits per heavy atom. The fourth-order valence-corrected chi connectivity index (χ4v) is 1.75. The van der Waals surface area contributed by atoms with E-state index in [9.17, 15) is 36.5 Å². The number of halogens is 7. The summed E-state index contributed by atoms with van der Waals surface area (Å²) < 4.78 is 76.2. The summed E-state index contributed by atoms with van der Waals surface area (Å²) in [5.74, 6) is -1.93. The number of nitrogens with zero attached hydrogens (tertiary/aromatic N) is 2. The molecule has 0 aliphatic carbocycles. The van der Waals surface area contributed by atoms with E-state index in [4.69, 9.17) is 0 Å². The summed E-state index contributed by atoms with van der Waals surface area (Å²) in [4.78, 5) is 12.0. The van der Waals surface area contributed by atoms with Gasteiger partial charge in [-0.25, -0.2) is 4.98 Å². The van der Waals surface area contributed by atoms with Crippen LogP contribution in [0.2, 0.25) is 0 Å². The van der Waals surface area contributed by atoms with Crippen molar-refractivity contribution in [3.8, 4) is 5.75 Å². The van der Waals surface area contributed by atoms with E-state index in [0.29, 0.717) is 0 Å². The van der Waals surface area contributed by atoms with Crippen molar-refractivity contribution in [1.82, 2.24) is 4.98 Å². The molecule has 0 saturated heterocycles. The van der Waals surface area contributed by atoms with E-state index in [1.807, 2.05) is 0 Å². The van der Waals surface area contributed by atoms with Crippen LogP contribution < -0.4 is 4.74 Å². The average molecular weight is 402 g/mol. The average Bonchev–Trinajstić information content (AvgIpc) is 2.11. The number of alkyl halides is 6. The van der Waals surface area contributed by atoms with Gasteiger partial charge in [-0.05, 0) is 22.6 Å². The summed E-state index contributed by atoms with van der Waals surface area (Å²) in [6.07, 6.45) is -10.5. The van der Waals surface area contributed by atoms with Crippen molar-refractivity contribution in [2.45, 2.75) is 12.5 Å². The maximum atomic E-state index is 12.6. The smallest absolute Gasteiger partial charge is 0.398 e. The molecule has 0 unspecified atom stereocenters. The highest BCUT2D eigenvalue weighted by atomic mass is 127. The molecule has 106 valence electrons. The summed E-state index contributed by atoms with van der Waals surface area (Å²) in [5, 5.41) is 10.4. The van der Waals surface area contributed by atoms with Gasteiger partial charge in [0.15, 0.2) is 0 Å². The van der Waals surface area contributed by atoms with Crippen molar-refractivity contribution in [3.63, 3.8) is 0 Å². The zero-order chi connectivity index (χ0) is 15.0. The van der Waals surface area contributed by atoms with Crippen molar-refractivity contribution < 1.29 is 36.0 Å². The van der Waals surface area contributed by atoms with Crippen LogP contribution in [-0.4, -0.2) is 16.3 Å². The number of nitro groups is 1. The van der Waals surface area contributed by atoms with Crippen molar-refractivity contribution in [2.75, 3.05) is 0 Å². The second-order valence-corrected chi connectivity index (χ2v) is 3.96. The van der Waals surface area contributed by atoms with Crippen molar-refractivity contribution in [2.24, 2.45) is 0 Å². The lowest BCUT2D eigenvalue weighted by Gasteiger charge is -2.15. The third kappa shape index (κ3) is 3.81. The standard InChI is InChI=1S/C7HF6IN2O3/c8-6(9,10)3-4(19-7(11,12)13)2(16(17)18)1-15-5(3)14/h1H. The molecule has 0 radical (unpaired) electrons. The van der Waals surface area contributed by atoms with E-state index < -0.39 is 38.2 Å². The molecular weight excluding hydrogens is 401 g/mol. The molecule has 0 fully saturated rings. The third-order valence-electron chi connectivity index (χ3n) is 1.66. The molecule has 0 aromatic carbocycles. The number of pyridine rings is 1. The normalized spacial score (nSPS) is 12.4. The first-order chi connectivity index (χ1) is 8.43. The minimum absolute atomic E-state index is 0.262. The predicted molar refractivity (Wildman–Crippen MR) is 55.3 cm³/mol. The molecule has 1 rings (SSSR count). The van der Waals surface area contributed by atoms with E-state index in [2.05, 4.69) is 9.72 Å². The van der Waals surface area contributed by atoms with Gasteiger partial charge in [0.05, 0.1) is 4.92 Å². The van der Waals surface area contributed by atoms with E-state index in [1.165, 1.54) is 0 Å². The van der Waals surface area contributed by atoms with Crippen LogP contribution in [0.4, 0.5) is 32.0 Å². The Balaban J connectivity index is 3.60. The molecule has 1 aromatic rings. The Bertz CT molecular complexity index is 515. The molecule has 0 amide bonds. The van der Waals surface area contributed by atoms with Gasteiger partial charge in [-0.15, -0.1) is 13.2 Å². The molecule has 12 heteroatoms. The fraction of sp³-hybridized carbons (Fsp3) is 0.286. The van der Waals surface area contributed by atoms with Crippen molar-refractivity contribution >= 4 is 28.3 Å². The first-order valence-electron chi connectivity index (χ1n) is 4.09. The Morgan fingerprint density at radius 1 is 1.26 bits per heavy atom. The van der Waals surface area contributed by atoms with Crippen LogP contribution in [0.25, 0.3) is 0 Å². The quantitative estimate of drug-likeness (QED) is 0.250. The molecule has 0 aliphatic rings. The molecule has 0 spiro atoms. The minimum Gasteiger partial charge on any atom is -0.398 e. The van der Waals surface area contributed by atoms with Crippen molar-refractivity contribution in [1.29, 1.82) is 0 Å². The first-order valence-corrected chi connectivity index (χ1v) is 5.17. The van der Waals surface area contributed by atoms with Crippen LogP contribution in [0.5, 0.6) is 5.75 Å². The van der Waals surface area contributed by atoms with Gasteiger partial charge < -0.3 is 4.74 Å². The topological polar surface area (TPSA) is 65.3 Å². The van der Waals surface area contributed by atoms with Gasteiger partial charge >= 0.3 is 18.2 Å². The van der Waals surface area contributed by atoms with Gasteiger partial charge in [0.1, 0.15) is 15.5 Å². The molecule has 19 heavy (non-hydrogen) atoms. The van der Waals surface area contributed by atoms with Crippen LogP contribution in [0.3, 0.4) is 0 Å². The van der Waals surface area contributed by atoms with Crippen LogP contribution in [0.1, 0.15) is 5.56 Å². The van der Waals surface area contributed by atoms with Gasteiger partial charge in [0.25, 0.3) is 0 Å². The maximum Gasteiger partial charge on any atom is 0.573 e. The summed E-state index contributed by atoms with van der Waals surface area (Å²) in [7, 11) is 0. The molecule has 0 bridgehead atoms. The lowest BCUT2D eigenvalue weighted by Crippen LogP contribution is -2.22. The van der Waals surface area contributed by atoms with Gasteiger partial charge in [-0.2, -0.15) is 13.2 Å². The molecule has 1 heterocycles. The Labute approximate surface area is 113 Å². The molecule has 0 aliphatic heterocycles. The highest BCUT2D eigenvalue weighted by Crippen LogP contribution is 2.44. The van der Waals surface area contributed by atoms with Crippen LogP contribution >= 0.6 is 22.6 Å². The van der Waals surface area contributed by atoms with Crippen LogP contribution in [0.15, 0.2) is 6.20 Å². The molecule has 0 saturated carbocycles. The Kier molecular flexibility index (Phi) is 4.11. The minimum atomic E-state index is -5.50. The maximum absolute atomic E-state index is 12.6. The zero-order valence-electron chi connectivity index (χ0n) is 8.34. The van der Waals surface area contributed by atoms with E-state index in [1.54, 1.807) is 0 Å². The Morgan fingerprint density at radius 2 is 1.79 bits per heavy atom. The lowest BCUT2D eigenvalue weighted by atomic mass is 10.2. The number of hydrogen-bond acceptors (Lipinski definition) is 4. The molecule has 5 nitrogen and oxygen atoms in total. The zero-order valence-corrected chi connectivity index (χ0v) is 10.5. The third-order valence-corrected chi connectivity index (χ3v) is 2.48. The first kappa shape index (κ1) is 15.7. The summed E-state index contributed by atoms with van der Waals surface area (Å²) in [5.41, 5.74) is -3.47. The number of aromatic nitrogens is 1. The van der Waals surface area contributed by atoms with Gasteiger partial charge in [0.2, 0.25) is 5.75 Å². The molecule has 0 N–H and O–H groups in total. The number of rotatable bonds is 2. The molecular formula is C7HF6IN2O3. The van der Waals surface area contributed by atoms with Gasteiger partial charge in [0, 0.05) is 0 Å². The van der Waals surface area contributed by atoms with Gasteiger partial charge in [-0.3, -0.25) is 10.1 Å². The number of hydrogen-bond donors (Lipinski definition) is 0. The van der Waals surface area contributed by atoms with Crippen LogP contribution in [0, 0.1) is 13.8 Å². The highest BCUT2D eigenvalue weighted by Gasteiger charge is 2.45. The highest BCUT2D eigenvalue weighted by molar-refractivity contribution is 14.1. The summed E-state index contributed by atoms with van der Waals surface area (Å²) in [6.45, 7) is 0. The van der Waals surface area contributed by atoms with Crippen molar-refractivity contribution in [3.05, 3.63) is 25.6 Å². The van der Waals surface area contributed by atoms with E-state index in [0.717, 1.165) is 22.6 Å². The molecule has 1 aromatic heterocycles. The second kappa shape index (κ2) is 4.97. The second-order valence-electron chi connectivity index (χ2n) is 2.94.